The second kappa shape index (κ2) is 3.30. The fourth-order valence-corrected chi connectivity index (χ4v) is 2.65. The maximum absolute atomic E-state index is 11.8. The first-order chi connectivity index (χ1) is 6.59. The van der Waals surface area contributed by atoms with E-state index in [1.54, 1.807) is 0 Å². The highest BCUT2D eigenvalue weighted by Gasteiger charge is 2.43. The lowest BCUT2D eigenvalue weighted by molar-refractivity contribution is -0.142. The van der Waals surface area contributed by atoms with E-state index in [9.17, 15) is 14.4 Å². The van der Waals surface area contributed by atoms with Crippen molar-refractivity contribution in [2.45, 2.75) is 32.6 Å². The Kier molecular flexibility index (Phi) is 2.25. The summed E-state index contributed by atoms with van der Waals surface area (Å²) in [6.45, 7) is 1.45. The highest BCUT2D eigenvalue weighted by molar-refractivity contribution is 6.04. The van der Waals surface area contributed by atoms with Crippen LogP contribution in [0, 0.1) is 17.8 Å². The fraction of sp³-hybridized carbons (Fsp3) is 0.727. The van der Waals surface area contributed by atoms with Gasteiger partial charge < -0.3 is 0 Å². The monoisotopic (exact) mass is 194 g/mol. The minimum Gasteiger partial charge on any atom is -0.299 e. The smallest absolute Gasteiger partial charge is 0.146 e. The number of ketones is 3. The van der Waals surface area contributed by atoms with Gasteiger partial charge in [0.2, 0.25) is 0 Å². The van der Waals surface area contributed by atoms with Crippen LogP contribution in [-0.2, 0) is 14.4 Å². The number of carbonyl (C=O) groups is 3. The summed E-state index contributed by atoms with van der Waals surface area (Å²) < 4.78 is 0. The third kappa shape index (κ3) is 1.41. The Morgan fingerprint density at radius 1 is 1.21 bits per heavy atom. The standard InChI is InChI=1S/C11H14O3/c1-6(12)9-5-8-4-7(11(9)14)2-3-10(8)13/h7-9H,2-5H2,1H3. The number of hydrogen-bond donors (Lipinski definition) is 0. The molecule has 0 aromatic rings. The van der Waals surface area contributed by atoms with Crippen LogP contribution in [0.2, 0.25) is 0 Å². The first kappa shape index (κ1) is 9.56. The number of hydrogen-bond acceptors (Lipinski definition) is 3. The molecule has 0 aromatic heterocycles. The summed E-state index contributed by atoms with van der Waals surface area (Å²) in [5.41, 5.74) is 0. The number of rotatable bonds is 1. The molecule has 14 heavy (non-hydrogen) atoms. The van der Waals surface area contributed by atoms with E-state index >= 15 is 0 Å². The molecule has 76 valence electrons. The van der Waals surface area contributed by atoms with Crippen molar-refractivity contribution < 1.29 is 14.4 Å². The van der Waals surface area contributed by atoms with E-state index in [1.807, 2.05) is 0 Å². The summed E-state index contributed by atoms with van der Waals surface area (Å²) in [4.78, 5) is 34.4. The average Bonchev–Trinajstić information content (AvgIpc) is 2.15. The molecule has 2 aliphatic carbocycles. The Hall–Kier alpha value is -0.990. The van der Waals surface area contributed by atoms with Crippen molar-refractivity contribution in [3.63, 3.8) is 0 Å². The third-order valence-electron chi connectivity index (χ3n) is 3.52. The topological polar surface area (TPSA) is 51.2 Å². The van der Waals surface area contributed by atoms with Gasteiger partial charge in [0.05, 0.1) is 5.92 Å². The summed E-state index contributed by atoms with van der Waals surface area (Å²) in [6.07, 6.45) is 2.37. The van der Waals surface area contributed by atoms with E-state index in [0.29, 0.717) is 25.7 Å². The maximum atomic E-state index is 11.8. The zero-order chi connectivity index (χ0) is 10.3. The SMILES string of the molecule is CC(=O)C1CC2CC(CCC2=O)C1=O. The molecule has 0 spiro atoms. The van der Waals surface area contributed by atoms with Crippen molar-refractivity contribution in [3.05, 3.63) is 0 Å². The summed E-state index contributed by atoms with van der Waals surface area (Å²) in [7, 11) is 0. The van der Waals surface area contributed by atoms with E-state index in [-0.39, 0.29) is 29.2 Å². The molecule has 0 heterocycles. The van der Waals surface area contributed by atoms with Crippen LogP contribution in [-0.4, -0.2) is 17.3 Å². The van der Waals surface area contributed by atoms with Crippen molar-refractivity contribution in [1.82, 2.24) is 0 Å². The quantitative estimate of drug-likeness (QED) is 0.588. The molecule has 2 bridgehead atoms. The van der Waals surface area contributed by atoms with Gasteiger partial charge in [0.15, 0.2) is 0 Å². The van der Waals surface area contributed by atoms with Crippen molar-refractivity contribution in [2.75, 3.05) is 0 Å². The fourth-order valence-electron chi connectivity index (χ4n) is 2.65. The van der Waals surface area contributed by atoms with Gasteiger partial charge in [-0.2, -0.15) is 0 Å². The second-order valence-electron chi connectivity index (χ2n) is 4.44. The molecule has 0 radical (unpaired) electrons. The Bertz CT molecular complexity index is 306. The molecule has 3 unspecified atom stereocenters. The summed E-state index contributed by atoms with van der Waals surface area (Å²) in [5, 5.41) is 0. The van der Waals surface area contributed by atoms with Gasteiger partial charge in [-0.1, -0.05) is 0 Å². The van der Waals surface area contributed by atoms with Crippen molar-refractivity contribution in [3.8, 4) is 0 Å². The average molecular weight is 194 g/mol. The highest BCUT2D eigenvalue weighted by Crippen LogP contribution is 2.38. The number of Topliss-reactive ketones (excluding diaryl/α,β-unsaturated/α-hetero) is 3. The molecule has 2 fully saturated rings. The van der Waals surface area contributed by atoms with Crippen LogP contribution in [0.3, 0.4) is 0 Å². The van der Waals surface area contributed by atoms with Crippen molar-refractivity contribution >= 4 is 17.3 Å². The predicted octanol–water partition coefficient (Wildman–Crippen LogP) is 1.15. The van der Waals surface area contributed by atoms with Crippen molar-refractivity contribution in [1.29, 1.82) is 0 Å². The van der Waals surface area contributed by atoms with E-state index in [4.69, 9.17) is 0 Å². The molecule has 3 atom stereocenters. The van der Waals surface area contributed by atoms with Crippen molar-refractivity contribution in [2.24, 2.45) is 17.8 Å². The lowest BCUT2D eigenvalue weighted by atomic mass is 9.66. The van der Waals surface area contributed by atoms with Crippen LogP contribution >= 0.6 is 0 Å². The summed E-state index contributed by atoms with van der Waals surface area (Å²) in [5.74, 6) is -0.246. The van der Waals surface area contributed by atoms with Gasteiger partial charge in [-0.05, 0) is 26.2 Å². The van der Waals surface area contributed by atoms with Gasteiger partial charge >= 0.3 is 0 Å². The van der Waals surface area contributed by atoms with Crippen LogP contribution in [0.25, 0.3) is 0 Å². The van der Waals surface area contributed by atoms with Gasteiger partial charge in [-0.25, -0.2) is 0 Å². The minimum atomic E-state index is -0.483. The molecule has 2 aliphatic rings. The van der Waals surface area contributed by atoms with Crippen LogP contribution in [0.4, 0.5) is 0 Å². The molecule has 0 amide bonds. The van der Waals surface area contributed by atoms with Gasteiger partial charge in [-0.3, -0.25) is 14.4 Å². The summed E-state index contributed by atoms with van der Waals surface area (Å²) >= 11 is 0. The van der Waals surface area contributed by atoms with Gasteiger partial charge in [0.25, 0.3) is 0 Å². The lowest BCUT2D eigenvalue weighted by Gasteiger charge is -2.35. The van der Waals surface area contributed by atoms with Gasteiger partial charge in [0, 0.05) is 18.3 Å². The van der Waals surface area contributed by atoms with Gasteiger partial charge in [0.1, 0.15) is 17.3 Å². The molecule has 2 rings (SSSR count). The second-order valence-corrected chi connectivity index (χ2v) is 4.44. The number of carbonyl (C=O) groups excluding carboxylic acids is 3. The molecule has 2 saturated carbocycles. The predicted molar refractivity (Wildman–Crippen MR) is 49.6 cm³/mol. The molecular formula is C11H14O3. The van der Waals surface area contributed by atoms with Crippen LogP contribution < -0.4 is 0 Å². The van der Waals surface area contributed by atoms with E-state index < -0.39 is 5.92 Å². The number of fused-ring (bicyclic) bond motifs is 2. The van der Waals surface area contributed by atoms with E-state index in [2.05, 4.69) is 0 Å². The summed E-state index contributed by atoms with van der Waals surface area (Å²) in [6, 6.07) is 0. The third-order valence-corrected chi connectivity index (χ3v) is 3.52. The molecule has 3 heteroatoms. The van der Waals surface area contributed by atoms with Gasteiger partial charge in [-0.15, -0.1) is 0 Å². The van der Waals surface area contributed by atoms with Crippen LogP contribution in [0.15, 0.2) is 0 Å². The normalized spacial score (nSPS) is 37.1. The molecule has 3 nitrogen and oxygen atoms in total. The molecule has 0 saturated heterocycles. The Labute approximate surface area is 82.9 Å². The Morgan fingerprint density at radius 3 is 2.57 bits per heavy atom. The largest absolute Gasteiger partial charge is 0.299 e. The Morgan fingerprint density at radius 2 is 1.93 bits per heavy atom. The van der Waals surface area contributed by atoms with Crippen LogP contribution in [0.5, 0.6) is 0 Å². The zero-order valence-electron chi connectivity index (χ0n) is 8.29. The van der Waals surface area contributed by atoms with Crippen LogP contribution in [0.1, 0.15) is 32.6 Å². The van der Waals surface area contributed by atoms with E-state index in [1.165, 1.54) is 6.92 Å². The highest BCUT2D eigenvalue weighted by atomic mass is 16.2. The lowest BCUT2D eigenvalue weighted by Crippen LogP contribution is -2.42. The Balaban J connectivity index is 2.21. The first-order valence-corrected chi connectivity index (χ1v) is 5.16. The molecule has 0 N–H and O–H groups in total. The minimum absolute atomic E-state index is 0.0136. The molecule has 0 aromatic carbocycles. The molecular weight excluding hydrogens is 180 g/mol. The molecule has 0 aliphatic heterocycles. The van der Waals surface area contributed by atoms with E-state index in [0.717, 1.165) is 0 Å². The zero-order valence-corrected chi connectivity index (χ0v) is 8.29. The maximum Gasteiger partial charge on any atom is 0.146 e. The first-order valence-electron chi connectivity index (χ1n) is 5.16.